The maximum absolute atomic E-state index is 13.2. The fourth-order valence-corrected chi connectivity index (χ4v) is 3.57. The normalized spacial score (nSPS) is 11.9. The first-order chi connectivity index (χ1) is 13.7. The largest absolute Gasteiger partial charge is 0.481 e. The molecule has 0 aliphatic carbocycles. The predicted octanol–water partition coefficient (Wildman–Crippen LogP) is 6.06. The van der Waals surface area contributed by atoms with E-state index in [1.165, 1.54) is 6.07 Å². The molecular weight excluding hydrogens is 405 g/mol. The second-order valence-electron chi connectivity index (χ2n) is 6.80. The van der Waals surface area contributed by atoms with Gasteiger partial charge < -0.3 is 5.11 Å². The van der Waals surface area contributed by atoms with Crippen molar-refractivity contribution in [2.45, 2.75) is 45.2 Å². The van der Waals surface area contributed by atoms with Crippen LogP contribution in [-0.2, 0) is 23.8 Å². The number of fused-ring (bicyclic) bond motifs is 1. The molecule has 4 nitrogen and oxygen atoms in total. The van der Waals surface area contributed by atoms with Gasteiger partial charge in [0.25, 0.3) is 0 Å². The molecule has 3 rings (SSSR count). The molecule has 0 bridgehead atoms. The quantitative estimate of drug-likeness (QED) is 0.469. The lowest BCUT2D eigenvalue weighted by Crippen LogP contribution is -2.06. The molecule has 0 radical (unpaired) electrons. The van der Waals surface area contributed by atoms with Crippen LogP contribution >= 0.6 is 11.6 Å². The standard InChI is InChI=1S/C21H20ClF3N2O2/c1-2-19-26-17-11-15(21(23,24)25)16(22)12-18(17)27(19)14-9-7-13(8-10-14)5-3-4-6-20(28)29/h7-12H,2-6H2,1H3,(H,28,29). The van der Waals surface area contributed by atoms with Crippen molar-refractivity contribution in [1.29, 1.82) is 0 Å². The highest BCUT2D eigenvalue weighted by Crippen LogP contribution is 2.37. The first-order valence-electron chi connectivity index (χ1n) is 9.30. The number of carbonyl (C=O) groups is 1. The summed E-state index contributed by atoms with van der Waals surface area (Å²) in [7, 11) is 0. The third-order valence-corrected chi connectivity index (χ3v) is 5.05. The Morgan fingerprint density at radius 1 is 1.17 bits per heavy atom. The van der Waals surface area contributed by atoms with E-state index in [-0.39, 0.29) is 17.0 Å². The van der Waals surface area contributed by atoms with E-state index in [9.17, 15) is 18.0 Å². The highest BCUT2D eigenvalue weighted by atomic mass is 35.5. The minimum Gasteiger partial charge on any atom is -0.481 e. The zero-order valence-corrected chi connectivity index (χ0v) is 16.5. The molecule has 2 aromatic carbocycles. The molecule has 0 aliphatic rings. The van der Waals surface area contributed by atoms with Crippen LogP contribution in [0, 0.1) is 0 Å². The van der Waals surface area contributed by atoms with Crippen molar-refractivity contribution in [3.63, 3.8) is 0 Å². The predicted molar refractivity (Wildman–Crippen MR) is 106 cm³/mol. The zero-order chi connectivity index (χ0) is 21.2. The van der Waals surface area contributed by atoms with Crippen molar-refractivity contribution in [3.05, 3.63) is 58.4 Å². The number of aliphatic carboxylic acids is 1. The Morgan fingerprint density at radius 3 is 2.45 bits per heavy atom. The van der Waals surface area contributed by atoms with Crippen LogP contribution in [0.5, 0.6) is 0 Å². The maximum atomic E-state index is 13.2. The Kier molecular flexibility index (Phi) is 6.17. The second-order valence-corrected chi connectivity index (χ2v) is 7.21. The van der Waals surface area contributed by atoms with Gasteiger partial charge in [0.15, 0.2) is 0 Å². The average molecular weight is 425 g/mol. The van der Waals surface area contributed by atoms with Crippen molar-refractivity contribution in [2.24, 2.45) is 0 Å². The van der Waals surface area contributed by atoms with Gasteiger partial charge in [-0.1, -0.05) is 30.7 Å². The molecule has 0 fully saturated rings. The topological polar surface area (TPSA) is 55.1 Å². The van der Waals surface area contributed by atoms with E-state index >= 15 is 0 Å². The number of nitrogens with zero attached hydrogens (tertiary/aromatic N) is 2. The molecule has 29 heavy (non-hydrogen) atoms. The molecule has 1 N–H and O–H groups in total. The Labute approximate surface area is 170 Å². The van der Waals surface area contributed by atoms with Gasteiger partial charge in [-0.2, -0.15) is 13.2 Å². The number of halogens is 4. The molecule has 1 aromatic heterocycles. The number of hydrogen-bond acceptors (Lipinski definition) is 2. The maximum Gasteiger partial charge on any atom is 0.417 e. The van der Waals surface area contributed by atoms with Gasteiger partial charge in [-0.3, -0.25) is 9.36 Å². The highest BCUT2D eigenvalue weighted by molar-refractivity contribution is 6.32. The van der Waals surface area contributed by atoms with Gasteiger partial charge in [0.2, 0.25) is 0 Å². The van der Waals surface area contributed by atoms with Crippen LogP contribution in [0.3, 0.4) is 0 Å². The number of carboxylic acids is 1. The summed E-state index contributed by atoms with van der Waals surface area (Å²) in [4.78, 5) is 14.9. The van der Waals surface area contributed by atoms with E-state index in [1.54, 1.807) is 0 Å². The number of aryl methyl sites for hydroxylation is 2. The Balaban J connectivity index is 1.92. The van der Waals surface area contributed by atoms with Crippen LogP contribution in [-0.4, -0.2) is 20.6 Å². The first-order valence-corrected chi connectivity index (χ1v) is 9.67. The van der Waals surface area contributed by atoms with Crippen LogP contribution in [0.4, 0.5) is 13.2 Å². The molecule has 1 heterocycles. The lowest BCUT2D eigenvalue weighted by atomic mass is 10.1. The summed E-state index contributed by atoms with van der Waals surface area (Å²) < 4.78 is 41.3. The number of unbranched alkanes of at least 4 members (excludes halogenated alkanes) is 1. The fraction of sp³-hybridized carbons (Fsp3) is 0.333. The van der Waals surface area contributed by atoms with Crippen LogP contribution in [0.15, 0.2) is 36.4 Å². The second kappa shape index (κ2) is 8.45. The Morgan fingerprint density at radius 2 is 1.86 bits per heavy atom. The lowest BCUT2D eigenvalue weighted by molar-refractivity contribution is -0.138. The van der Waals surface area contributed by atoms with Crippen LogP contribution in [0.25, 0.3) is 16.7 Å². The molecule has 3 aromatic rings. The Hall–Kier alpha value is -2.54. The number of alkyl halides is 3. The summed E-state index contributed by atoms with van der Waals surface area (Å²) in [5.74, 6) is -0.156. The summed E-state index contributed by atoms with van der Waals surface area (Å²) in [6.45, 7) is 1.89. The van der Waals surface area contributed by atoms with Crippen LogP contribution < -0.4 is 0 Å². The third-order valence-electron chi connectivity index (χ3n) is 4.74. The number of hydrogen-bond donors (Lipinski definition) is 1. The number of benzene rings is 2. The molecule has 0 aliphatic heterocycles. The van der Waals surface area contributed by atoms with Crippen LogP contribution in [0.2, 0.25) is 5.02 Å². The molecule has 0 saturated carbocycles. The molecular formula is C21H20ClF3N2O2. The molecule has 0 atom stereocenters. The molecule has 0 unspecified atom stereocenters. The van der Waals surface area contributed by atoms with E-state index in [4.69, 9.17) is 16.7 Å². The molecule has 0 saturated heterocycles. The van der Waals surface area contributed by atoms with Gasteiger partial charge >= 0.3 is 12.1 Å². The van der Waals surface area contributed by atoms with E-state index < -0.39 is 17.7 Å². The van der Waals surface area contributed by atoms with Gasteiger partial charge in [0.1, 0.15) is 5.82 Å². The van der Waals surface area contributed by atoms with E-state index in [2.05, 4.69) is 4.98 Å². The first kappa shape index (κ1) is 21.2. The summed E-state index contributed by atoms with van der Waals surface area (Å²) in [6.07, 6.45) is -1.69. The van der Waals surface area contributed by atoms with Crippen molar-refractivity contribution < 1.29 is 23.1 Å². The minimum absolute atomic E-state index is 0.152. The Bertz CT molecular complexity index is 1030. The summed E-state index contributed by atoms with van der Waals surface area (Å²) in [5, 5.41) is 8.33. The smallest absolute Gasteiger partial charge is 0.417 e. The van der Waals surface area contributed by atoms with Gasteiger partial charge in [-0.05, 0) is 49.1 Å². The van der Waals surface area contributed by atoms with Gasteiger partial charge in [0.05, 0.1) is 21.6 Å². The summed E-state index contributed by atoms with van der Waals surface area (Å²) in [5.41, 5.74) is 1.73. The average Bonchev–Trinajstić information content (AvgIpc) is 3.01. The van der Waals surface area contributed by atoms with Crippen molar-refractivity contribution in [2.75, 3.05) is 0 Å². The number of rotatable bonds is 7. The van der Waals surface area contributed by atoms with E-state index in [0.717, 1.165) is 30.2 Å². The SMILES string of the molecule is CCc1nc2cc(C(F)(F)F)c(Cl)cc2n1-c1ccc(CCCCC(=O)O)cc1. The number of aromatic nitrogens is 2. The fourth-order valence-electron chi connectivity index (χ4n) is 3.31. The summed E-state index contributed by atoms with van der Waals surface area (Å²) >= 11 is 5.92. The molecule has 0 spiro atoms. The number of carboxylic acid groups (broad SMARTS) is 1. The number of imidazole rings is 1. The molecule has 154 valence electrons. The monoisotopic (exact) mass is 424 g/mol. The molecule has 0 amide bonds. The van der Waals surface area contributed by atoms with Gasteiger partial charge in [-0.15, -0.1) is 0 Å². The van der Waals surface area contributed by atoms with Crippen molar-refractivity contribution in [1.82, 2.24) is 9.55 Å². The summed E-state index contributed by atoms with van der Waals surface area (Å²) in [6, 6.07) is 9.95. The highest BCUT2D eigenvalue weighted by Gasteiger charge is 2.34. The zero-order valence-electron chi connectivity index (χ0n) is 15.8. The van der Waals surface area contributed by atoms with Crippen molar-refractivity contribution in [3.8, 4) is 5.69 Å². The minimum atomic E-state index is -4.54. The molecule has 8 heteroatoms. The van der Waals surface area contributed by atoms with E-state index in [1.807, 2.05) is 35.8 Å². The van der Waals surface area contributed by atoms with E-state index in [0.29, 0.717) is 24.2 Å². The van der Waals surface area contributed by atoms with Gasteiger partial charge in [-0.25, -0.2) is 4.98 Å². The lowest BCUT2D eigenvalue weighted by Gasteiger charge is -2.11. The third kappa shape index (κ3) is 4.72. The van der Waals surface area contributed by atoms with Crippen LogP contribution in [0.1, 0.15) is 43.1 Å². The van der Waals surface area contributed by atoms with Gasteiger partial charge in [0, 0.05) is 18.5 Å². The van der Waals surface area contributed by atoms with Crippen molar-refractivity contribution >= 4 is 28.6 Å².